The lowest BCUT2D eigenvalue weighted by Crippen LogP contribution is -2.43. The number of carbonyl (C=O) groups is 1. The van der Waals surface area contributed by atoms with E-state index in [2.05, 4.69) is 34.3 Å². The molecule has 3 unspecified atom stereocenters. The number of nitrogens with zero attached hydrogens (tertiary/aromatic N) is 3. The van der Waals surface area contributed by atoms with Crippen LogP contribution in [-0.4, -0.2) is 52.3 Å². The monoisotopic (exact) mass is 378 g/mol. The molecule has 7 heteroatoms. The lowest BCUT2D eigenvalue weighted by Gasteiger charge is -2.36. The minimum atomic E-state index is -0.178. The third-order valence-electron chi connectivity index (χ3n) is 6.09. The summed E-state index contributed by atoms with van der Waals surface area (Å²) in [7, 11) is 0. The number of aromatic nitrogens is 2. The predicted octanol–water partition coefficient (Wildman–Crippen LogP) is 2.98. The molecule has 3 heterocycles. The van der Waals surface area contributed by atoms with E-state index in [1.807, 2.05) is 6.07 Å². The molecule has 4 rings (SSSR count). The third-order valence-corrected chi connectivity index (χ3v) is 6.29. The van der Waals surface area contributed by atoms with Crippen molar-refractivity contribution in [2.75, 3.05) is 25.0 Å². The summed E-state index contributed by atoms with van der Waals surface area (Å²) in [4.78, 5) is 15.1. The van der Waals surface area contributed by atoms with Gasteiger partial charge in [-0.05, 0) is 63.5 Å². The van der Waals surface area contributed by atoms with Crippen LogP contribution in [0.15, 0.2) is 12.1 Å². The summed E-state index contributed by atoms with van der Waals surface area (Å²) in [5, 5.41) is 11.8. The molecule has 0 spiro atoms. The van der Waals surface area contributed by atoms with E-state index in [1.54, 1.807) is 6.07 Å². The Morgan fingerprint density at radius 1 is 1.27 bits per heavy atom. The molecule has 26 heavy (non-hydrogen) atoms. The first-order valence-electron chi connectivity index (χ1n) is 9.58. The molecular weight excluding hydrogens is 352 g/mol. The third kappa shape index (κ3) is 3.81. The van der Waals surface area contributed by atoms with E-state index in [1.165, 1.54) is 0 Å². The number of anilines is 1. The van der Waals surface area contributed by atoms with Crippen molar-refractivity contribution in [3.05, 3.63) is 17.3 Å². The highest BCUT2D eigenvalue weighted by Gasteiger charge is 2.44. The summed E-state index contributed by atoms with van der Waals surface area (Å²) in [5.41, 5.74) is -0.178. The fraction of sp³-hybridized carbons (Fsp3) is 0.737. The van der Waals surface area contributed by atoms with Crippen LogP contribution in [0.2, 0.25) is 5.15 Å². The minimum absolute atomic E-state index is 0.121. The van der Waals surface area contributed by atoms with Crippen LogP contribution in [0.4, 0.5) is 5.82 Å². The number of likely N-dealkylation sites (tertiary alicyclic amines) is 1. The number of halogens is 1. The van der Waals surface area contributed by atoms with Gasteiger partial charge in [0.2, 0.25) is 5.91 Å². The molecule has 1 aromatic rings. The number of hydrogen-bond donors (Lipinski definition) is 1. The molecule has 1 saturated carbocycles. The first kappa shape index (κ1) is 18.0. The average Bonchev–Trinajstić information content (AvgIpc) is 3.14. The molecule has 2 saturated heterocycles. The Bertz CT molecular complexity index is 652. The molecule has 1 aromatic heterocycles. The van der Waals surface area contributed by atoms with Crippen LogP contribution in [0.1, 0.15) is 39.5 Å². The lowest BCUT2D eigenvalue weighted by atomic mass is 9.87. The number of amides is 1. The molecule has 0 radical (unpaired) electrons. The molecule has 4 atom stereocenters. The number of nitrogens with one attached hydrogen (secondary N) is 1. The molecule has 1 N–H and O–H groups in total. The van der Waals surface area contributed by atoms with E-state index in [9.17, 15) is 4.79 Å². The summed E-state index contributed by atoms with van der Waals surface area (Å²) in [6.07, 6.45) is 3.85. The average molecular weight is 379 g/mol. The number of hydrogen-bond acceptors (Lipinski definition) is 5. The van der Waals surface area contributed by atoms with Crippen molar-refractivity contribution >= 4 is 23.3 Å². The van der Waals surface area contributed by atoms with Crippen LogP contribution in [0, 0.1) is 17.8 Å². The zero-order valence-corrected chi connectivity index (χ0v) is 16.2. The summed E-state index contributed by atoms with van der Waals surface area (Å²) in [5.74, 6) is 2.41. The summed E-state index contributed by atoms with van der Waals surface area (Å²) in [6, 6.07) is 4.02. The molecular formula is C19H27ClN4O2. The van der Waals surface area contributed by atoms with E-state index >= 15 is 0 Å². The SMILES string of the molecule is CC1(C)CC(C(=O)N2CC3CC(Nc4ccc(Cl)nn4)C[C@@H]3C2)CCO1. The lowest BCUT2D eigenvalue weighted by molar-refractivity contribution is -0.144. The Morgan fingerprint density at radius 3 is 2.62 bits per heavy atom. The number of rotatable bonds is 3. The van der Waals surface area contributed by atoms with E-state index in [4.69, 9.17) is 16.3 Å². The summed E-state index contributed by atoms with van der Waals surface area (Å²) in [6.45, 7) is 6.65. The maximum absolute atomic E-state index is 12.9. The second-order valence-corrected chi connectivity index (χ2v) is 9.00. The Kier molecular flexibility index (Phi) is 4.82. The molecule has 3 fully saturated rings. The maximum atomic E-state index is 12.9. The van der Waals surface area contributed by atoms with Crippen molar-refractivity contribution in [1.29, 1.82) is 0 Å². The smallest absolute Gasteiger partial charge is 0.225 e. The molecule has 1 aliphatic carbocycles. The molecule has 0 aromatic carbocycles. The topological polar surface area (TPSA) is 67.4 Å². The first-order chi connectivity index (χ1) is 12.4. The molecule has 2 aliphatic heterocycles. The van der Waals surface area contributed by atoms with Crippen LogP contribution < -0.4 is 5.32 Å². The van der Waals surface area contributed by atoms with Gasteiger partial charge < -0.3 is 15.0 Å². The fourth-order valence-corrected chi connectivity index (χ4v) is 5.00. The first-order valence-corrected chi connectivity index (χ1v) is 9.96. The summed E-state index contributed by atoms with van der Waals surface area (Å²) >= 11 is 5.79. The van der Waals surface area contributed by atoms with Crippen molar-refractivity contribution in [1.82, 2.24) is 15.1 Å². The van der Waals surface area contributed by atoms with Crippen molar-refractivity contribution in [2.24, 2.45) is 17.8 Å². The minimum Gasteiger partial charge on any atom is -0.376 e. The number of ether oxygens (including phenoxy) is 1. The number of carbonyl (C=O) groups excluding carboxylic acids is 1. The van der Waals surface area contributed by atoms with Gasteiger partial charge in [0.25, 0.3) is 0 Å². The quantitative estimate of drug-likeness (QED) is 0.875. The van der Waals surface area contributed by atoms with E-state index in [-0.39, 0.29) is 11.5 Å². The number of fused-ring (bicyclic) bond motifs is 1. The Hall–Kier alpha value is -1.40. The Balaban J connectivity index is 1.30. The van der Waals surface area contributed by atoms with Gasteiger partial charge in [0.1, 0.15) is 5.82 Å². The van der Waals surface area contributed by atoms with Gasteiger partial charge >= 0.3 is 0 Å². The van der Waals surface area contributed by atoms with Gasteiger partial charge in [-0.3, -0.25) is 4.79 Å². The highest BCUT2D eigenvalue weighted by atomic mass is 35.5. The van der Waals surface area contributed by atoms with Crippen molar-refractivity contribution < 1.29 is 9.53 Å². The van der Waals surface area contributed by atoms with Gasteiger partial charge in [-0.1, -0.05) is 11.6 Å². The van der Waals surface area contributed by atoms with Gasteiger partial charge in [-0.15, -0.1) is 10.2 Å². The Morgan fingerprint density at radius 2 is 2.00 bits per heavy atom. The second-order valence-electron chi connectivity index (χ2n) is 8.62. The molecule has 0 bridgehead atoms. The highest BCUT2D eigenvalue weighted by molar-refractivity contribution is 6.29. The largest absolute Gasteiger partial charge is 0.376 e. The fourth-order valence-electron chi connectivity index (χ4n) is 4.90. The molecule has 1 amide bonds. The van der Waals surface area contributed by atoms with Crippen molar-refractivity contribution in [2.45, 2.75) is 51.2 Å². The standard InChI is InChI=1S/C19H27ClN4O2/c1-19(2)9-12(5-6-26-19)18(25)24-10-13-7-15(8-14(13)11-24)21-17-4-3-16(20)22-23-17/h3-4,12-15H,5-11H2,1-2H3,(H,21,23)/t12?,13-,14?,15?/m1/s1. The van der Waals surface area contributed by atoms with Gasteiger partial charge in [0.15, 0.2) is 5.15 Å². The van der Waals surface area contributed by atoms with Crippen LogP contribution in [0.3, 0.4) is 0 Å². The molecule has 142 valence electrons. The van der Waals surface area contributed by atoms with Crippen molar-refractivity contribution in [3.63, 3.8) is 0 Å². The van der Waals surface area contributed by atoms with Gasteiger partial charge in [0.05, 0.1) is 5.60 Å². The van der Waals surface area contributed by atoms with Gasteiger partial charge in [-0.25, -0.2) is 0 Å². The molecule has 3 aliphatic rings. The van der Waals surface area contributed by atoms with Crippen LogP contribution in [0.25, 0.3) is 0 Å². The zero-order chi connectivity index (χ0) is 18.3. The van der Waals surface area contributed by atoms with E-state index in [0.29, 0.717) is 35.5 Å². The Labute approximate surface area is 159 Å². The van der Waals surface area contributed by atoms with Crippen molar-refractivity contribution in [3.8, 4) is 0 Å². The highest BCUT2D eigenvalue weighted by Crippen LogP contribution is 2.40. The predicted molar refractivity (Wildman–Crippen MR) is 100 cm³/mol. The summed E-state index contributed by atoms with van der Waals surface area (Å²) < 4.78 is 5.76. The zero-order valence-electron chi connectivity index (χ0n) is 15.4. The van der Waals surface area contributed by atoms with Crippen LogP contribution in [0.5, 0.6) is 0 Å². The second kappa shape index (κ2) is 6.97. The normalized spacial score (nSPS) is 33.1. The molecule has 6 nitrogen and oxygen atoms in total. The van der Waals surface area contributed by atoms with Gasteiger partial charge in [-0.2, -0.15) is 0 Å². The van der Waals surface area contributed by atoms with E-state index < -0.39 is 0 Å². The van der Waals surface area contributed by atoms with Crippen LogP contribution in [-0.2, 0) is 9.53 Å². The van der Waals surface area contributed by atoms with E-state index in [0.717, 1.165) is 44.6 Å². The van der Waals surface area contributed by atoms with Gasteiger partial charge in [0, 0.05) is 31.7 Å². The maximum Gasteiger partial charge on any atom is 0.225 e. The van der Waals surface area contributed by atoms with Crippen LogP contribution >= 0.6 is 11.6 Å².